The summed E-state index contributed by atoms with van der Waals surface area (Å²) < 4.78 is 14.7. The fraction of sp³-hybridized carbons (Fsp3) is 0.389. The van der Waals surface area contributed by atoms with Crippen molar-refractivity contribution in [2.75, 3.05) is 38.0 Å². The zero-order valence-corrected chi connectivity index (χ0v) is 16.3. The summed E-state index contributed by atoms with van der Waals surface area (Å²) >= 11 is 5.28. The topological polar surface area (TPSA) is 35.6 Å². The fourth-order valence-corrected chi connectivity index (χ4v) is 4.39. The van der Waals surface area contributed by atoms with Crippen molar-refractivity contribution in [1.82, 2.24) is 9.80 Å². The van der Waals surface area contributed by atoms with Crippen LogP contribution in [0, 0.1) is 5.82 Å². The Kier molecular flexibility index (Phi) is 6.58. The normalized spacial score (nSPS) is 16.1. The molecule has 0 radical (unpaired) electrons. The minimum absolute atomic E-state index is 0.143. The van der Waals surface area contributed by atoms with Gasteiger partial charge in [0, 0.05) is 50.6 Å². The molecule has 2 aromatic rings. The molecule has 1 aliphatic heterocycles. The lowest BCUT2D eigenvalue weighted by atomic mass is 10.2. The van der Waals surface area contributed by atoms with Crippen LogP contribution in [0.1, 0.15) is 11.3 Å². The smallest absolute Gasteiger partial charge is 0.225 e. The molecule has 1 N–H and O–H groups in total. The van der Waals surface area contributed by atoms with Gasteiger partial charge in [-0.25, -0.2) is 4.39 Å². The molecule has 1 amide bonds. The number of anilines is 1. The third-order valence-corrected chi connectivity index (χ3v) is 5.88. The van der Waals surface area contributed by atoms with E-state index < -0.39 is 5.82 Å². The second-order valence-electron chi connectivity index (χ2n) is 6.10. The molecule has 0 saturated carbocycles. The number of nitrogens with one attached hydrogen (secondary N) is 1. The average Bonchev–Trinajstić information content (AvgIpc) is 3.01. The first kappa shape index (κ1) is 18.5. The Hall–Kier alpha value is -1.28. The minimum atomic E-state index is -0.398. The monoisotopic (exact) mass is 425 g/mol. The molecule has 0 unspecified atom stereocenters. The number of rotatable bonds is 6. The van der Waals surface area contributed by atoms with E-state index in [1.54, 1.807) is 29.5 Å². The van der Waals surface area contributed by atoms with Crippen molar-refractivity contribution in [1.29, 1.82) is 0 Å². The first-order valence-corrected chi connectivity index (χ1v) is 9.94. The molecule has 7 heteroatoms. The van der Waals surface area contributed by atoms with Crippen molar-refractivity contribution in [2.45, 2.75) is 13.0 Å². The van der Waals surface area contributed by atoms with Crippen molar-refractivity contribution >= 4 is 38.9 Å². The van der Waals surface area contributed by atoms with Gasteiger partial charge in [-0.2, -0.15) is 0 Å². The Labute approximate surface area is 159 Å². The number of halogens is 2. The highest BCUT2D eigenvalue weighted by atomic mass is 79.9. The third kappa shape index (κ3) is 5.60. The van der Waals surface area contributed by atoms with Gasteiger partial charge < -0.3 is 10.2 Å². The lowest BCUT2D eigenvalue weighted by Crippen LogP contribution is -2.46. The number of carbonyl (C=O) groups excluding carboxylic acids is 1. The molecule has 3 rings (SSSR count). The fourth-order valence-electron chi connectivity index (χ4n) is 2.86. The Morgan fingerprint density at radius 2 is 1.84 bits per heavy atom. The molecule has 0 spiro atoms. The maximum atomic E-state index is 13.5. The Balaban J connectivity index is 1.37. The van der Waals surface area contributed by atoms with Gasteiger partial charge in [0.2, 0.25) is 5.91 Å². The van der Waals surface area contributed by atoms with Crippen molar-refractivity contribution in [3.63, 3.8) is 0 Å². The molecule has 1 aromatic carbocycles. The average molecular weight is 426 g/mol. The van der Waals surface area contributed by atoms with Gasteiger partial charge in [-0.1, -0.05) is 12.1 Å². The van der Waals surface area contributed by atoms with Gasteiger partial charge in [-0.05, 0) is 40.2 Å². The van der Waals surface area contributed by atoms with E-state index in [0.717, 1.165) is 32.7 Å². The van der Waals surface area contributed by atoms with Gasteiger partial charge in [0.15, 0.2) is 0 Å². The number of piperazine rings is 1. The highest BCUT2D eigenvalue weighted by Gasteiger charge is 2.18. The van der Waals surface area contributed by atoms with Gasteiger partial charge in [0.1, 0.15) is 5.82 Å². The number of hydrogen-bond acceptors (Lipinski definition) is 4. The molecule has 1 fully saturated rings. The van der Waals surface area contributed by atoms with E-state index >= 15 is 0 Å². The van der Waals surface area contributed by atoms with Crippen LogP contribution in [0.4, 0.5) is 10.1 Å². The summed E-state index contributed by atoms with van der Waals surface area (Å²) in [4.78, 5) is 18.1. The number of nitrogens with zero attached hydrogens (tertiary/aromatic N) is 2. The molecule has 1 aliphatic rings. The quantitative estimate of drug-likeness (QED) is 0.764. The van der Waals surface area contributed by atoms with Crippen LogP contribution >= 0.6 is 27.3 Å². The number of thiophene rings is 1. The largest absolute Gasteiger partial charge is 0.324 e. The molecule has 134 valence electrons. The summed E-state index contributed by atoms with van der Waals surface area (Å²) in [5, 5.41) is 2.64. The van der Waals surface area contributed by atoms with Crippen LogP contribution in [0.25, 0.3) is 0 Å². The Bertz CT molecular complexity index is 716. The highest BCUT2D eigenvalue weighted by molar-refractivity contribution is 9.11. The van der Waals surface area contributed by atoms with Crippen LogP contribution in [0.2, 0.25) is 0 Å². The summed E-state index contributed by atoms with van der Waals surface area (Å²) in [5.74, 6) is -0.541. The van der Waals surface area contributed by atoms with E-state index in [1.165, 1.54) is 14.7 Å². The number of carbonyl (C=O) groups is 1. The maximum absolute atomic E-state index is 13.5. The molecule has 4 nitrogen and oxygen atoms in total. The van der Waals surface area contributed by atoms with Crippen LogP contribution < -0.4 is 5.32 Å². The van der Waals surface area contributed by atoms with Crippen LogP contribution in [-0.2, 0) is 11.3 Å². The van der Waals surface area contributed by atoms with Gasteiger partial charge in [0.25, 0.3) is 0 Å². The number of benzene rings is 1. The van der Waals surface area contributed by atoms with E-state index in [-0.39, 0.29) is 11.6 Å². The van der Waals surface area contributed by atoms with E-state index in [9.17, 15) is 9.18 Å². The third-order valence-electron chi connectivity index (χ3n) is 4.28. The van der Waals surface area contributed by atoms with Gasteiger partial charge in [0.05, 0.1) is 9.47 Å². The van der Waals surface area contributed by atoms with Crippen molar-refractivity contribution in [2.24, 2.45) is 0 Å². The SMILES string of the molecule is O=C(CCN1CCN(Cc2ccc(Br)s2)CC1)Nc1ccccc1F. The first-order chi connectivity index (χ1) is 12.1. The van der Waals surface area contributed by atoms with E-state index in [1.807, 2.05) is 0 Å². The standard InChI is InChI=1S/C18H21BrFN3OS/c19-17-6-5-14(25-17)13-23-11-9-22(10-12-23)8-7-18(24)21-16-4-2-1-3-15(16)20/h1-6H,7-13H2,(H,21,24). The van der Waals surface area contributed by atoms with Crippen molar-refractivity contribution in [3.05, 3.63) is 50.9 Å². The van der Waals surface area contributed by atoms with Gasteiger partial charge in [-0.15, -0.1) is 11.3 Å². The number of para-hydroxylation sites is 1. The summed E-state index contributed by atoms with van der Waals surface area (Å²) in [5.41, 5.74) is 0.249. The predicted molar refractivity (Wildman–Crippen MR) is 103 cm³/mol. The molecule has 1 saturated heterocycles. The summed E-state index contributed by atoms with van der Waals surface area (Å²) in [7, 11) is 0. The van der Waals surface area contributed by atoms with E-state index in [4.69, 9.17) is 0 Å². The van der Waals surface area contributed by atoms with Crippen molar-refractivity contribution < 1.29 is 9.18 Å². The second-order valence-corrected chi connectivity index (χ2v) is 8.65. The number of amides is 1. The number of hydrogen-bond donors (Lipinski definition) is 1. The molecule has 0 aliphatic carbocycles. The lowest BCUT2D eigenvalue weighted by molar-refractivity contribution is -0.116. The first-order valence-electron chi connectivity index (χ1n) is 8.33. The second kappa shape index (κ2) is 8.89. The molecule has 0 bridgehead atoms. The molecule has 2 heterocycles. The Morgan fingerprint density at radius 1 is 1.12 bits per heavy atom. The van der Waals surface area contributed by atoms with Gasteiger partial charge >= 0.3 is 0 Å². The zero-order chi connectivity index (χ0) is 17.6. The highest BCUT2D eigenvalue weighted by Crippen LogP contribution is 2.23. The summed E-state index contributed by atoms with van der Waals surface area (Å²) in [6.07, 6.45) is 0.381. The molecule has 0 atom stereocenters. The van der Waals surface area contributed by atoms with Gasteiger partial charge in [-0.3, -0.25) is 9.69 Å². The molecular formula is C18H21BrFN3OS. The molecule has 1 aromatic heterocycles. The van der Waals surface area contributed by atoms with Crippen LogP contribution in [0.3, 0.4) is 0 Å². The molecular weight excluding hydrogens is 405 g/mol. The zero-order valence-electron chi connectivity index (χ0n) is 13.9. The van der Waals surface area contributed by atoms with Crippen LogP contribution in [0.5, 0.6) is 0 Å². The van der Waals surface area contributed by atoms with Crippen LogP contribution in [0.15, 0.2) is 40.2 Å². The van der Waals surface area contributed by atoms with E-state index in [0.29, 0.717) is 13.0 Å². The summed E-state index contributed by atoms with van der Waals surface area (Å²) in [6, 6.07) is 10.5. The Morgan fingerprint density at radius 3 is 2.52 bits per heavy atom. The minimum Gasteiger partial charge on any atom is -0.324 e. The molecule has 25 heavy (non-hydrogen) atoms. The van der Waals surface area contributed by atoms with Crippen molar-refractivity contribution in [3.8, 4) is 0 Å². The van der Waals surface area contributed by atoms with Crippen LogP contribution in [-0.4, -0.2) is 48.4 Å². The maximum Gasteiger partial charge on any atom is 0.225 e. The predicted octanol–water partition coefficient (Wildman–Crippen LogP) is 3.80. The van der Waals surface area contributed by atoms with E-state index in [2.05, 4.69) is 43.2 Å². The summed E-state index contributed by atoms with van der Waals surface area (Å²) in [6.45, 7) is 5.62. The lowest BCUT2D eigenvalue weighted by Gasteiger charge is -2.34.